The van der Waals surface area contributed by atoms with Crippen LogP contribution in [-0.2, 0) is 19.1 Å². The molecule has 0 saturated carbocycles. The first kappa shape index (κ1) is 14.0. The van der Waals surface area contributed by atoms with Gasteiger partial charge in [0.15, 0.2) is 0 Å². The number of carbonyl (C=O) groups excluding carboxylic acids is 2. The van der Waals surface area contributed by atoms with Gasteiger partial charge in [0.2, 0.25) is 0 Å². The molecule has 1 rings (SSSR count). The maximum absolute atomic E-state index is 11.5. The summed E-state index contributed by atoms with van der Waals surface area (Å²) in [4.78, 5) is 24.9. The van der Waals surface area contributed by atoms with E-state index in [1.54, 1.807) is 0 Å². The lowest BCUT2D eigenvalue weighted by Gasteiger charge is -2.38. The van der Waals surface area contributed by atoms with E-state index in [4.69, 9.17) is 4.74 Å². The number of carbonyl (C=O) groups is 2. The van der Waals surface area contributed by atoms with Crippen LogP contribution in [0, 0.1) is 0 Å². The second-order valence-electron chi connectivity index (χ2n) is 4.37. The third kappa shape index (κ3) is 3.70. The summed E-state index contributed by atoms with van der Waals surface area (Å²) in [5.74, 6) is -0.472. The Kier molecular flexibility index (Phi) is 5.41. The van der Waals surface area contributed by atoms with Crippen LogP contribution in [0.5, 0.6) is 0 Å². The molecule has 1 saturated heterocycles. The van der Waals surface area contributed by atoms with Crippen LogP contribution in [-0.4, -0.2) is 49.7 Å². The van der Waals surface area contributed by atoms with Gasteiger partial charge in [-0.3, -0.25) is 14.5 Å². The first-order chi connectivity index (χ1) is 8.10. The van der Waals surface area contributed by atoms with Crippen LogP contribution < -0.4 is 0 Å². The standard InChI is InChI=1S/C12H21NO4/c1-9(12(15)17-3)13-7-5-4-6-10(13)8-11(14)16-2/h9-10H,4-8H2,1-3H3. The van der Waals surface area contributed by atoms with Gasteiger partial charge in [-0.15, -0.1) is 0 Å². The highest BCUT2D eigenvalue weighted by Crippen LogP contribution is 2.22. The molecule has 2 atom stereocenters. The zero-order valence-electron chi connectivity index (χ0n) is 10.8. The average molecular weight is 243 g/mol. The van der Waals surface area contributed by atoms with Crippen LogP contribution in [0.2, 0.25) is 0 Å². The van der Waals surface area contributed by atoms with Crippen LogP contribution in [0.3, 0.4) is 0 Å². The molecule has 0 N–H and O–H groups in total. The molecular weight excluding hydrogens is 222 g/mol. The quantitative estimate of drug-likeness (QED) is 0.688. The molecule has 5 heteroatoms. The van der Waals surface area contributed by atoms with Gasteiger partial charge < -0.3 is 9.47 Å². The highest BCUT2D eigenvalue weighted by atomic mass is 16.5. The van der Waals surface area contributed by atoms with Crippen molar-refractivity contribution >= 4 is 11.9 Å². The fourth-order valence-corrected chi connectivity index (χ4v) is 2.33. The molecular formula is C12H21NO4. The average Bonchev–Trinajstić information content (AvgIpc) is 2.37. The minimum Gasteiger partial charge on any atom is -0.469 e. The summed E-state index contributed by atoms with van der Waals surface area (Å²) in [5, 5.41) is 0. The van der Waals surface area contributed by atoms with Crippen molar-refractivity contribution in [1.82, 2.24) is 4.90 Å². The summed E-state index contributed by atoms with van der Waals surface area (Å²) < 4.78 is 9.43. The Bertz CT molecular complexity index is 280. The Balaban J connectivity index is 2.65. The van der Waals surface area contributed by atoms with E-state index in [1.807, 2.05) is 11.8 Å². The van der Waals surface area contributed by atoms with Crippen LogP contribution in [0.15, 0.2) is 0 Å². The van der Waals surface area contributed by atoms with Crippen LogP contribution in [0.25, 0.3) is 0 Å². The molecule has 0 aromatic carbocycles. The summed E-state index contributed by atoms with van der Waals surface area (Å²) >= 11 is 0. The SMILES string of the molecule is COC(=O)CC1CCCCN1C(C)C(=O)OC. The Labute approximate surface area is 102 Å². The van der Waals surface area contributed by atoms with Gasteiger partial charge in [0, 0.05) is 6.04 Å². The normalized spacial score (nSPS) is 22.9. The van der Waals surface area contributed by atoms with Crippen molar-refractivity contribution in [1.29, 1.82) is 0 Å². The highest BCUT2D eigenvalue weighted by molar-refractivity contribution is 5.75. The molecule has 1 aliphatic heterocycles. The molecule has 0 aliphatic carbocycles. The number of nitrogens with zero attached hydrogens (tertiary/aromatic N) is 1. The Hall–Kier alpha value is -1.10. The molecule has 0 bridgehead atoms. The van der Waals surface area contributed by atoms with E-state index in [2.05, 4.69) is 4.74 Å². The summed E-state index contributed by atoms with van der Waals surface area (Å²) in [5.41, 5.74) is 0. The maximum atomic E-state index is 11.5. The van der Waals surface area contributed by atoms with Crippen molar-refractivity contribution in [3.63, 3.8) is 0 Å². The van der Waals surface area contributed by atoms with Gasteiger partial charge in [0.25, 0.3) is 0 Å². The Morgan fingerprint density at radius 3 is 2.59 bits per heavy atom. The molecule has 17 heavy (non-hydrogen) atoms. The van der Waals surface area contributed by atoms with E-state index in [9.17, 15) is 9.59 Å². The monoisotopic (exact) mass is 243 g/mol. The zero-order chi connectivity index (χ0) is 12.8. The predicted molar refractivity (Wildman–Crippen MR) is 62.5 cm³/mol. The topological polar surface area (TPSA) is 55.8 Å². The van der Waals surface area contributed by atoms with E-state index in [-0.39, 0.29) is 24.0 Å². The number of hydrogen-bond acceptors (Lipinski definition) is 5. The molecule has 0 radical (unpaired) electrons. The largest absolute Gasteiger partial charge is 0.469 e. The number of methoxy groups -OCH3 is 2. The van der Waals surface area contributed by atoms with Gasteiger partial charge in [0.05, 0.1) is 20.6 Å². The second-order valence-corrected chi connectivity index (χ2v) is 4.37. The van der Waals surface area contributed by atoms with Gasteiger partial charge in [-0.2, -0.15) is 0 Å². The zero-order valence-corrected chi connectivity index (χ0v) is 10.8. The summed E-state index contributed by atoms with van der Waals surface area (Å²) in [7, 11) is 2.78. The highest BCUT2D eigenvalue weighted by Gasteiger charge is 2.32. The number of likely N-dealkylation sites (tertiary alicyclic amines) is 1. The van der Waals surface area contributed by atoms with Crippen LogP contribution in [0.4, 0.5) is 0 Å². The molecule has 0 aromatic rings. The van der Waals surface area contributed by atoms with Crippen LogP contribution in [0.1, 0.15) is 32.6 Å². The van der Waals surface area contributed by atoms with Crippen molar-refractivity contribution in [2.24, 2.45) is 0 Å². The Morgan fingerprint density at radius 1 is 1.29 bits per heavy atom. The molecule has 5 nitrogen and oxygen atoms in total. The fraction of sp³-hybridized carbons (Fsp3) is 0.833. The molecule has 0 aromatic heterocycles. The molecule has 1 heterocycles. The van der Waals surface area contributed by atoms with Gasteiger partial charge in [-0.05, 0) is 26.3 Å². The minimum absolute atomic E-state index is 0.0882. The van der Waals surface area contributed by atoms with Crippen molar-refractivity contribution in [2.45, 2.75) is 44.7 Å². The smallest absolute Gasteiger partial charge is 0.322 e. The lowest BCUT2D eigenvalue weighted by molar-refractivity contribution is -0.150. The van der Waals surface area contributed by atoms with Crippen LogP contribution >= 0.6 is 0 Å². The van der Waals surface area contributed by atoms with Gasteiger partial charge >= 0.3 is 11.9 Å². The van der Waals surface area contributed by atoms with E-state index in [1.165, 1.54) is 14.2 Å². The molecule has 1 aliphatic rings. The first-order valence-corrected chi connectivity index (χ1v) is 6.00. The molecule has 2 unspecified atom stereocenters. The predicted octanol–water partition coefficient (Wildman–Crippen LogP) is 0.965. The Morgan fingerprint density at radius 2 is 2.00 bits per heavy atom. The lowest BCUT2D eigenvalue weighted by atomic mass is 9.97. The minimum atomic E-state index is -0.296. The fourth-order valence-electron chi connectivity index (χ4n) is 2.33. The van der Waals surface area contributed by atoms with Crippen molar-refractivity contribution in [3.8, 4) is 0 Å². The summed E-state index contributed by atoms with van der Waals surface area (Å²) in [6, 6.07) is -0.208. The van der Waals surface area contributed by atoms with E-state index < -0.39 is 0 Å². The van der Waals surface area contributed by atoms with E-state index >= 15 is 0 Å². The van der Waals surface area contributed by atoms with Crippen molar-refractivity contribution in [2.75, 3.05) is 20.8 Å². The van der Waals surface area contributed by atoms with E-state index in [0.29, 0.717) is 6.42 Å². The number of hydrogen-bond donors (Lipinski definition) is 0. The molecule has 98 valence electrons. The number of rotatable bonds is 4. The summed E-state index contributed by atoms with van der Waals surface area (Å²) in [6.07, 6.45) is 3.42. The maximum Gasteiger partial charge on any atom is 0.322 e. The molecule has 0 amide bonds. The van der Waals surface area contributed by atoms with Gasteiger partial charge in [-0.1, -0.05) is 6.42 Å². The van der Waals surface area contributed by atoms with Crippen molar-refractivity contribution < 1.29 is 19.1 Å². The third-order valence-electron chi connectivity index (χ3n) is 3.34. The lowest BCUT2D eigenvalue weighted by Crippen LogP contribution is -2.49. The number of ether oxygens (including phenoxy) is 2. The number of esters is 2. The van der Waals surface area contributed by atoms with Crippen molar-refractivity contribution in [3.05, 3.63) is 0 Å². The number of piperidine rings is 1. The molecule has 1 fully saturated rings. The summed E-state index contributed by atoms with van der Waals surface area (Å²) in [6.45, 7) is 2.65. The second kappa shape index (κ2) is 6.59. The first-order valence-electron chi connectivity index (χ1n) is 6.00. The van der Waals surface area contributed by atoms with Gasteiger partial charge in [-0.25, -0.2) is 0 Å². The molecule has 0 spiro atoms. The van der Waals surface area contributed by atoms with E-state index in [0.717, 1.165) is 25.8 Å². The third-order valence-corrected chi connectivity index (χ3v) is 3.34. The van der Waals surface area contributed by atoms with Gasteiger partial charge in [0.1, 0.15) is 6.04 Å².